The highest BCUT2D eigenvalue weighted by Crippen LogP contribution is 2.26. The predicted molar refractivity (Wildman–Crippen MR) is 88.2 cm³/mol. The first-order valence-corrected chi connectivity index (χ1v) is 7.37. The van der Waals surface area contributed by atoms with Crippen LogP contribution in [0.5, 0.6) is 5.75 Å². The van der Waals surface area contributed by atoms with Crippen LogP contribution < -0.4 is 10.1 Å². The van der Waals surface area contributed by atoms with Crippen LogP contribution in [0.3, 0.4) is 0 Å². The molecule has 0 fully saturated rings. The smallest absolute Gasteiger partial charge is 0.255 e. The molecule has 0 atom stereocenters. The molecule has 0 bridgehead atoms. The molecule has 2 N–H and O–H groups in total. The number of carbonyl (C=O) groups is 1. The van der Waals surface area contributed by atoms with Gasteiger partial charge in [0.1, 0.15) is 12.4 Å². The van der Waals surface area contributed by atoms with Gasteiger partial charge in [-0.1, -0.05) is 30.3 Å². The normalized spacial score (nSPS) is 12.8. The molecule has 0 radical (unpaired) electrons. The van der Waals surface area contributed by atoms with Crippen molar-refractivity contribution in [2.45, 2.75) is 0 Å². The lowest BCUT2D eigenvalue weighted by molar-refractivity contribution is -0.113. The molecule has 0 aliphatic carbocycles. The number of ether oxygens (including phenoxy) is 1. The number of carbonyl (C=O) groups excluding carboxylic acids is 1. The van der Waals surface area contributed by atoms with Crippen molar-refractivity contribution >= 4 is 17.7 Å². The van der Waals surface area contributed by atoms with Crippen molar-refractivity contribution in [3.05, 3.63) is 59.7 Å². The summed E-state index contributed by atoms with van der Waals surface area (Å²) in [5.74, 6) is 1.06. The molecule has 1 aliphatic rings. The summed E-state index contributed by atoms with van der Waals surface area (Å²) in [6, 6.07) is 14.9. The molecule has 7 nitrogen and oxygen atoms in total. The standard InChI is InChI=1S/C17H13N5O2/c23-17(13-8-11-4-1-2-7-15(11)24-10-13)18-14-6-3-5-12(9-14)16-19-21-22-20-16/h1-9H,10H2,(H,18,23)(H,19,20,21,22). The zero-order valence-electron chi connectivity index (χ0n) is 12.6. The molecule has 0 spiro atoms. The van der Waals surface area contributed by atoms with Crippen LogP contribution in [-0.2, 0) is 4.79 Å². The first-order valence-electron chi connectivity index (χ1n) is 7.37. The van der Waals surface area contributed by atoms with Crippen LogP contribution >= 0.6 is 0 Å². The molecule has 4 rings (SSSR count). The summed E-state index contributed by atoms with van der Waals surface area (Å²) in [5, 5.41) is 16.7. The first-order chi connectivity index (χ1) is 11.8. The maximum absolute atomic E-state index is 12.5. The summed E-state index contributed by atoms with van der Waals surface area (Å²) in [6.45, 7) is 0.243. The minimum atomic E-state index is -0.199. The number of nitrogens with one attached hydrogen (secondary N) is 2. The Hall–Kier alpha value is -3.48. The highest BCUT2D eigenvalue weighted by Gasteiger charge is 2.17. The lowest BCUT2D eigenvalue weighted by Gasteiger charge is -2.17. The number of hydrogen-bond donors (Lipinski definition) is 2. The fourth-order valence-electron chi connectivity index (χ4n) is 2.48. The van der Waals surface area contributed by atoms with E-state index in [0.717, 1.165) is 16.9 Å². The van der Waals surface area contributed by atoms with E-state index in [9.17, 15) is 4.79 Å². The van der Waals surface area contributed by atoms with Gasteiger partial charge in [-0.05, 0) is 29.5 Å². The molecule has 2 heterocycles. The second-order valence-corrected chi connectivity index (χ2v) is 5.27. The third-order valence-corrected chi connectivity index (χ3v) is 3.65. The lowest BCUT2D eigenvalue weighted by Crippen LogP contribution is -2.21. The third kappa shape index (κ3) is 2.74. The molecule has 2 aromatic carbocycles. The van der Waals surface area contributed by atoms with Gasteiger partial charge in [0.05, 0.1) is 5.57 Å². The summed E-state index contributed by atoms with van der Waals surface area (Å²) in [5.41, 5.74) is 2.89. The van der Waals surface area contributed by atoms with E-state index in [1.54, 1.807) is 12.1 Å². The average molecular weight is 319 g/mol. The van der Waals surface area contributed by atoms with Crippen LogP contribution in [0.25, 0.3) is 17.5 Å². The number of nitrogens with zero attached hydrogens (tertiary/aromatic N) is 3. The third-order valence-electron chi connectivity index (χ3n) is 3.65. The van der Waals surface area contributed by atoms with Gasteiger partial charge < -0.3 is 10.1 Å². The van der Waals surface area contributed by atoms with Gasteiger partial charge in [-0.15, -0.1) is 10.2 Å². The molecule has 1 aliphatic heterocycles. The van der Waals surface area contributed by atoms with Crippen molar-refractivity contribution in [1.29, 1.82) is 0 Å². The maximum Gasteiger partial charge on any atom is 0.255 e. The van der Waals surface area contributed by atoms with Crippen molar-refractivity contribution in [2.75, 3.05) is 11.9 Å². The Morgan fingerprint density at radius 1 is 1.17 bits per heavy atom. The number of hydrogen-bond acceptors (Lipinski definition) is 5. The van der Waals surface area contributed by atoms with Crippen molar-refractivity contribution < 1.29 is 9.53 Å². The molecule has 1 aromatic heterocycles. The quantitative estimate of drug-likeness (QED) is 0.772. The molecule has 7 heteroatoms. The highest BCUT2D eigenvalue weighted by atomic mass is 16.5. The predicted octanol–water partition coefficient (Wildman–Crippen LogP) is 2.28. The summed E-state index contributed by atoms with van der Waals surface area (Å²) in [6.07, 6.45) is 1.84. The van der Waals surface area contributed by atoms with Gasteiger partial charge in [0.25, 0.3) is 5.91 Å². The number of anilines is 1. The minimum absolute atomic E-state index is 0.199. The Morgan fingerprint density at radius 3 is 2.96 bits per heavy atom. The number of amides is 1. The van der Waals surface area contributed by atoms with Gasteiger partial charge in [-0.2, -0.15) is 5.21 Å². The second kappa shape index (κ2) is 5.96. The van der Waals surface area contributed by atoms with Crippen molar-refractivity contribution in [3.8, 4) is 17.1 Å². The Morgan fingerprint density at radius 2 is 2.08 bits per heavy atom. The van der Waals surface area contributed by atoms with E-state index in [0.29, 0.717) is 17.1 Å². The number of benzene rings is 2. The summed E-state index contributed by atoms with van der Waals surface area (Å²) < 4.78 is 5.62. The molecule has 118 valence electrons. The second-order valence-electron chi connectivity index (χ2n) is 5.27. The zero-order chi connectivity index (χ0) is 16.4. The minimum Gasteiger partial charge on any atom is -0.488 e. The molecule has 24 heavy (non-hydrogen) atoms. The largest absolute Gasteiger partial charge is 0.488 e. The van der Waals surface area contributed by atoms with Gasteiger partial charge in [0, 0.05) is 16.8 Å². The molecule has 0 saturated carbocycles. The molecule has 0 unspecified atom stereocenters. The van der Waals surface area contributed by atoms with Gasteiger partial charge in [0.2, 0.25) is 5.82 Å². The number of tetrazole rings is 1. The van der Waals surface area contributed by atoms with Crippen molar-refractivity contribution in [1.82, 2.24) is 20.6 Å². The lowest BCUT2D eigenvalue weighted by atomic mass is 10.1. The van der Waals surface area contributed by atoms with Crippen LogP contribution in [-0.4, -0.2) is 33.1 Å². The highest BCUT2D eigenvalue weighted by molar-refractivity contribution is 6.07. The molecular formula is C17H13N5O2. The van der Waals surface area contributed by atoms with Crippen LogP contribution in [0.2, 0.25) is 0 Å². The van der Waals surface area contributed by atoms with E-state index in [-0.39, 0.29) is 12.5 Å². The van der Waals surface area contributed by atoms with Gasteiger partial charge >= 0.3 is 0 Å². The first kappa shape index (κ1) is 14.1. The summed E-state index contributed by atoms with van der Waals surface area (Å²) in [4.78, 5) is 12.5. The van der Waals surface area contributed by atoms with E-state index in [1.165, 1.54) is 0 Å². The van der Waals surface area contributed by atoms with Crippen LogP contribution in [0.15, 0.2) is 54.1 Å². The molecule has 0 saturated heterocycles. The summed E-state index contributed by atoms with van der Waals surface area (Å²) in [7, 11) is 0. The Labute approximate surface area is 137 Å². The number of fused-ring (bicyclic) bond motifs is 1. The Bertz CT molecular complexity index is 918. The average Bonchev–Trinajstić information content (AvgIpc) is 3.16. The van der Waals surface area contributed by atoms with Crippen LogP contribution in [0.1, 0.15) is 5.56 Å². The Balaban J connectivity index is 1.55. The van der Waals surface area contributed by atoms with Crippen LogP contribution in [0.4, 0.5) is 5.69 Å². The number of H-pyrrole nitrogens is 1. The zero-order valence-corrected chi connectivity index (χ0v) is 12.6. The van der Waals surface area contributed by atoms with E-state index < -0.39 is 0 Å². The molecule has 1 amide bonds. The maximum atomic E-state index is 12.5. The summed E-state index contributed by atoms with van der Waals surface area (Å²) >= 11 is 0. The van der Waals surface area contributed by atoms with Gasteiger partial charge in [-0.25, -0.2) is 0 Å². The number of aromatic nitrogens is 4. The van der Waals surface area contributed by atoms with E-state index >= 15 is 0 Å². The van der Waals surface area contributed by atoms with E-state index in [4.69, 9.17) is 4.74 Å². The number of para-hydroxylation sites is 1. The van der Waals surface area contributed by atoms with Gasteiger partial charge in [0.15, 0.2) is 0 Å². The van der Waals surface area contributed by atoms with Gasteiger partial charge in [-0.3, -0.25) is 4.79 Å². The van der Waals surface area contributed by atoms with Crippen molar-refractivity contribution in [2.24, 2.45) is 0 Å². The monoisotopic (exact) mass is 319 g/mol. The molecular weight excluding hydrogens is 306 g/mol. The topological polar surface area (TPSA) is 92.8 Å². The van der Waals surface area contributed by atoms with Crippen molar-refractivity contribution in [3.63, 3.8) is 0 Å². The fourth-order valence-corrected chi connectivity index (χ4v) is 2.48. The van der Waals surface area contributed by atoms with Crippen LogP contribution in [0, 0.1) is 0 Å². The SMILES string of the molecule is O=C(Nc1cccc(-c2nn[nH]n2)c1)C1=Cc2ccccc2OC1. The number of rotatable bonds is 3. The Kier molecular flexibility index (Phi) is 3.51. The molecule has 3 aromatic rings. The fraction of sp³-hybridized carbons (Fsp3) is 0.0588. The number of aromatic amines is 1. The van der Waals surface area contributed by atoms with E-state index in [2.05, 4.69) is 25.9 Å². The van der Waals surface area contributed by atoms with E-state index in [1.807, 2.05) is 42.5 Å².